The molecular weight excluding hydrogens is 253 g/mol. The second-order valence-corrected chi connectivity index (χ2v) is 4.10. The molecule has 0 spiro atoms. The maximum absolute atomic E-state index is 13.3. The third kappa shape index (κ3) is 4.87. The second-order valence-electron chi connectivity index (χ2n) is 4.10. The van der Waals surface area contributed by atoms with E-state index in [1.165, 1.54) is 18.2 Å². The fourth-order valence-electron chi connectivity index (χ4n) is 1.60. The first-order valence-corrected chi connectivity index (χ1v) is 5.65. The number of halogens is 1. The summed E-state index contributed by atoms with van der Waals surface area (Å²) >= 11 is 0. The lowest BCUT2D eigenvalue weighted by molar-refractivity contribution is -0.143. The molecule has 1 atom stereocenters. The minimum Gasteiger partial charge on any atom is -0.480 e. The maximum atomic E-state index is 13.3. The molecule has 0 saturated heterocycles. The molecular formula is C13H14FNO4. The minimum absolute atomic E-state index is 0.198. The van der Waals surface area contributed by atoms with Gasteiger partial charge >= 0.3 is 5.97 Å². The Morgan fingerprint density at radius 3 is 2.47 bits per heavy atom. The van der Waals surface area contributed by atoms with Crippen molar-refractivity contribution in [1.29, 1.82) is 0 Å². The second kappa shape index (κ2) is 6.63. The van der Waals surface area contributed by atoms with Crippen LogP contribution in [0, 0.1) is 5.82 Å². The minimum atomic E-state index is -1.29. The fourth-order valence-corrected chi connectivity index (χ4v) is 1.60. The van der Waals surface area contributed by atoms with Gasteiger partial charge < -0.3 is 10.4 Å². The number of aliphatic carboxylic acids is 1. The highest BCUT2D eigenvalue weighted by molar-refractivity contribution is 5.89. The Balaban J connectivity index is 2.65. The van der Waals surface area contributed by atoms with Gasteiger partial charge in [-0.05, 0) is 11.6 Å². The first-order valence-electron chi connectivity index (χ1n) is 5.65. The van der Waals surface area contributed by atoms with E-state index in [4.69, 9.17) is 5.11 Å². The molecule has 102 valence electrons. The van der Waals surface area contributed by atoms with Crippen molar-refractivity contribution in [3.8, 4) is 0 Å². The van der Waals surface area contributed by atoms with Gasteiger partial charge in [0.2, 0.25) is 5.91 Å². The number of amides is 1. The number of benzene rings is 1. The van der Waals surface area contributed by atoms with Crippen molar-refractivity contribution in [3.05, 3.63) is 35.6 Å². The maximum Gasteiger partial charge on any atom is 0.326 e. The Morgan fingerprint density at radius 2 is 1.95 bits per heavy atom. The van der Waals surface area contributed by atoms with E-state index in [1.807, 2.05) is 0 Å². The molecule has 0 bridgehead atoms. The van der Waals surface area contributed by atoms with Crippen LogP contribution in [0.15, 0.2) is 24.3 Å². The van der Waals surface area contributed by atoms with Crippen LogP contribution in [0.2, 0.25) is 0 Å². The van der Waals surface area contributed by atoms with Crippen LogP contribution in [0.25, 0.3) is 0 Å². The smallest absolute Gasteiger partial charge is 0.326 e. The lowest BCUT2D eigenvalue weighted by Crippen LogP contribution is -2.41. The number of carboxylic acid groups (broad SMARTS) is 1. The van der Waals surface area contributed by atoms with Gasteiger partial charge in [0.1, 0.15) is 17.6 Å². The first-order chi connectivity index (χ1) is 8.90. The molecule has 2 N–H and O–H groups in total. The molecule has 1 aromatic carbocycles. The topological polar surface area (TPSA) is 83.5 Å². The van der Waals surface area contributed by atoms with E-state index in [9.17, 15) is 18.8 Å². The molecule has 0 radical (unpaired) electrons. The normalized spacial score (nSPS) is 11.7. The van der Waals surface area contributed by atoms with Crippen LogP contribution in [0.1, 0.15) is 18.9 Å². The van der Waals surface area contributed by atoms with Crippen molar-refractivity contribution in [2.24, 2.45) is 0 Å². The summed E-state index contributed by atoms with van der Waals surface area (Å²) in [7, 11) is 0. The number of ketones is 1. The van der Waals surface area contributed by atoms with Crippen LogP contribution >= 0.6 is 0 Å². The first kappa shape index (κ1) is 14.8. The molecule has 0 fully saturated rings. The Morgan fingerprint density at radius 1 is 1.32 bits per heavy atom. The number of carboxylic acids is 1. The van der Waals surface area contributed by atoms with Crippen molar-refractivity contribution in [2.45, 2.75) is 25.8 Å². The van der Waals surface area contributed by atoms with Crippen LogP contribution in [0.4, 0.5) is 4.39 Å². The van der Waals surface area contributed by atoms with Crippen molar-refractivity contribution in [1.82, 2.24) is 5.32 Å². The van der Waals surface area contributed by atoms with Crippen LogP contribution < -0.4 is 5.32 Å². The zero-order valence-electron chi connectivity index (χ0n) is 10.4. The summed E-state index contributed by atoms with van der Waals surface area (Å²) in [5, 5.41) is 11.0. The largest absolute Gasteiger partial charge is 0.480 e. The Kier molecular flexibility index (Phi) is 5.17. The van der Waals surface area contributed by atoms with E-state index < -0.39 is 29.5 Å². The fraction of sp³-hybridized carbons (Fsp3) is 0.308. The molecule has 0 saturated carbocycles. The molecule has 5 nitrogen and oxygen atoms in total. The predicted octanol–water partition coefficient (Wildman–Crippen LogP) is 0.917. The quantitative estimate of drug-likeness (QED) is 0.802. The average Bonchev–Trinajstić information content (AvgIpc) is 2.30. The van der Waals surface area contributed by atoms with Crippen molar-refractivity contribution < 1.29 is 23.9 Å². The lowest BCUT2D eigenvalue weighted by atomic mass is 10.0. The molecule has 0 aromatic heterocycles. The molecule has 19 heavy (non-hydrogen) atoms. The molecule has 0 aliphatic rings. The van der Waals surface area contributed by atoms with Crippen molar-refractivity contribution in [2.75, 3.05) is 0 Å². The van der Waals surface area contributed by atoms with Gasteiger partial charge in [-0.25, -0.2) is 9.18 Å². The monoisotopic (exact) mass is 267 g/mol. The number of carbonyl (C=O) groups is 3. The van der Waals surface area contributed by atoms with E-state index in [-0.39, 0.29) is 18.4 Å². The molecule has 0 aliphatic carbocycles. The van der Waals surface area contributed by atoms with Gasteiger partial charge in [-0.1, -0.05) is 18.2 Å². The highest BCUT2D eigenvalue weighted by atomic mass is 19.1. The third-order valence-corrected chi connectivity index (χ3v) is 2.45. The predicted molar refractivity (Wildman–Crippen MR) is 65.0 cm³/mol. The highest BCUT2D eigenvalue weighted by Crippen LogP contribution is 2.09. The van der Waals surface area contributed by atoms with Crippen LogP contribution in [-0.4, -0.2) is 28.8 Å². The Hall–Kier alpha value is -2.24. The number of nitrogens with one attached hydrogen (secondary N) is 1. The van der Waals surface area contributed by atoms with Crippen molar-refractivity contribution in [3.63, 3.8) is 0 Å². The number of hydrogen-bond donors (Lipinski definition) is 2. The number of rotatable bonds is 6. The highest BCUT2D eigenvalue weighted by Gasteiger charge is 2.22. The summed E-state index contributed by atoms with van der Waals surface area (Å²) in [5.41, 5.74) is 0.208. The van der Waals surface area contributed by atoms with Crippen LogP contribution in [0.3, 0.4) is 0 Å². The standard InChI is InChI=1S/C13H14FNO4/c1-8(16)15-12(13(18)19)7-10(17)6-9-4-2-3-5-11(9)14/h2-5,12H,6-7H2,1H3,(H,15,16)(H,18,19). The van der Waals surface area contributed by atoms with Gasteiger partial charge in [-0.2, -0.15) is 0 Å². The number of hydrogen-bond acceptors (Lipinski definition) is 3. The van der Waals surface area contributed by atoms with Gasteiger partial charge in [0.15, 0.2) is 0 Å². The van der Waals surface area contributed by atoms with Gasteiger partial charge in [-0.3, -0.25) is 9.59 Å². The Bertz CT molecular complexity index is 501. The average molecular weight is 267 g/mol. The van der Waals surface area contributed by atoms with E-state index in [2.05, 4.69) is 5.32 Å². The van der Waals surface area contributed by atoms with Crippen LogP contribution in [0.5, 0.6) is 0 Å². The van der Waals surface area contributed by atoms with Crippen LogP contribution in [-0.2, 0) is 20.8 Å². The van der Waals surface area contributed by atoms with E-state index in [0.29, 0.717) is 0 Å². The molecule has 1 aromatic rings. The van der Waals surface area contributed by atoms with Gasteiger partial charge in [-0.15, -0.1) is 0 Å². The summed E-state index contributed by atoms with van der Waals surface area (Å²) in [6.45, 7) is 1.16. The van der Waals surface area contributed by atoms with Crippen molar-refractivity contribution >= 4 is 17.7 Å². The van der Waals surface area contributed by atoms with E-state index >= 15 is 0 Å². The zero-order valence-corrected chi connectivity index (χ0v) is 10.4. The SMILES string of the molecule is CC(=O)NC(CC(=O)Cc1ccccc1F)C(=O)O. The molecule has 1 rings (SSSR count). The Labute approximate surface area is 109 Å². The van der Waals surface area contributed by atoms with E-state index in [0.717, 1.165) is 6.92 Å². The molecule has 1 amide bonds. The van der Waals surface area contributed by atoms with E-state index in [1.54, 1.807) is 6.07 Å². The van der Waals surface area contributed by atoms with Gasteiger partial charge in [0.25, 0.3) is 0 Å². The summed E-state index contributed by atoms with van der Waals surface area (Å²) < 4.78 is 13.3. The molecule has 0 aliphatic heterocycles. The third-order valence-electron chi connectivity index (χ3n) is 2.45. The summed E-state index contributed by atoms with van der Waals surface area (Å²) in [5.74, 6) is -2.79. The lowest BCUT2D eigenvalue weighted by Gasteiger charge is -2.12. The number of carbonyl (C=O) groups excluding carboxylic acids is 2. The summed E-state index contributed by atoms with van der Waals surface area (Å²) in [6.07, 6.45) is -0.570. The molecule has 1 unspecified atom stereocenters. The zero-order chi connectivity index (χ0) is 14.4. The summed E-state index contributed by atoms with van der Waals surface area (Å²) in [6, 6.07) is 4.50. The van der Waals surface area contributed by atoms with Gasteiger partial charge in [0, 0.05) is 19.8 Å². The van der Waals surface area contributed by atoms with Gasteiger partial charge in [0.05, 0.1) is 0 Å². The molecule has 6 heteroatoms. The molecule has 0 heterocycles. The number of Topliss-reactive ketones (excluding diaryl/α,β-unsaturated/α-hetero) is 1. The summed E-state index contributed by atoms with van der Waals surface area (Å²) in [4.78, 5) is 33.3.